The Morgan fingerprint density at radius 2 is 1.39 bits per heavy atom. The van der Waals surface area contributed by atoms with Crippen LogP contribution in [0.3, 0.4) is 0 Å². The number of aromatic nitrogens is 2. The summed E-state index contributed by atoms with van der Waals surface area (Å²) in [5.74, 6) is 1.31. The van der Waals surface area contributed by atoms with E-state index in [1.54, 1.807) is 0 Å². The summed E-state index contributed by atoms with van der Waals surface area (Å²) in [7, 11) is 0. The van der Waals surface area contributed by atoms with Gasteiger partial charge in [-0.25, -0.2) is 4.98 Å². The highest BCUT2D eigenvalue weighted by atomic mass is 16.1. The highest BCUT2D eigenvalue weighted by Crippen LogP contribution is 2.19. The molecule has 170 valence electrons. The van der Waals surface area contributed by atoms with Gasteiger partial charge in [-0.2, -0.15) is 0 Å². The molecule has 0 bridgehead atoms. The second-order valence-electron chi connectivity index (χ2n) is 8.55. The number of hydrogen-bond donors (Lipinski definition) is 1. The minimum atomic E-state index is 0.140. The molecule has 4 aromatic rings. The number of aryl methyl sites for hydroxylation is 4. The van der Waals surface area contributed by atoms with Crippen LogP contribution in [0, 0.1) is 0 Å². The smallest absolute Gasteiger partial charge is 0.220 e. The lowest BCUT2D eigenvalue weighted by Crippen LogP contribution is -2.24. The highest BCUT2D eigenvalue weighted by molar-refractivity contribution is 5.76. The predicted octanol–water partition coefficient (Wildman–Crippen LogP) is 5.74. The number of fused-ring (bicyclic) bond motifs is 1. The zero-order valence-corrected chi connectivity index (χ0v) is 19.2. The van der Waals surface area contributed by atoms with E-state index < -0.39 is 0 Å². The largest absolute Gasteiger partial charge is 0.356 e. The zero-order chi connectivity index (χ0) is 22.7. The molecular formula is C29H33N3O. The molecule has 1 aromatic heterocycles. The van der Waals surface area contributed by atoms with Crippen LogP contribution in [0.1, 0.15) is 42.6 Å². The fraction of sp³-hybridized carbons (Fsp3) is 0.310. The standard InChI is InChI=1S/C29H33N3O/c33-29(20-19-24-12-4-1-5-13-24)30-22-11-3-8-18-28-31-26-16-9-10-17-27(26)32(28)23-21-25-14-6-2-7-15-25/h1-2,4-7,9-10,12-17H,3,8,11,18-23H2,(H,30,33). The number of imidazole rings is 1. The van der Waals surface area contributed by atoms with Gasteiger partial charge in [0, 0.05) is 25.9 Å². The topological polar surface area (TPSA) is 46.9 Å². The molecule has 0 spiro atoms. The van der Waals surface area contributed by atoms with E-state index in [0.717, 1.165) is 57.1 Å². The number of para-hydroxylation sites is 2. The molecule has 0 radical (unpaired) electrons. The Balaban J connectivity index is 1.21. The van der Waals surface area contributed by atoms with Crippen molar-refractivity contribution in [3.05, 3.63) is 102 Å². The summed E-state index contributed by atoms with van der Waals surface area (Å²) in [6.45, 7) is 1.69. The number of amides is 1. The van der Waals surface area contributed by atoms with E-state index in [1.165, 1.54) is 22.5 Å². The molecule has 4 rings (SSSR count). The van der Waals surface area contributed by atoms with Gasteiger partial charge in [-0.1, -0.05) is 79.2 Å². The van der Waals surface area contributed by atoms with Gasteiger partial charge < -0.3 is 9.88 Å². The Morgan fingerprint density at radius 1 is 0.727 bits per heavy atom. The molecule has 4 heteroatoms. The van der Waals surface area contributed by atoms with Gasteiger partial charge in [-0.05, 0) is 48.9 Å². The van der Waals surface area contributed by atoms with Crippen LogP contribution in [0.25, 0.3) is 11.0 Å². The number of benzene rings is 3. The lowest BCUT2D eigenvalue weighted by Gasteiger charge is -2.10. The Kier molecular flexibility index (Phi) is 8.29. The lowest BCUT2D eigenvalue weighted by atomic mass is 10.1. The number of nitrogens with zero attached hydrogens (tertiary/aromatic N) is 2. The van der Waals surface area contributed by atoms with Crippen LogP contribution in [0.4, 0.5) is 0 Å². The first-order valence-corrected chi connectivity index (χ1v) is 12.1. The van der Waals surface area contributed by atoms with E-state index in [2.05, 4.69) is 76.6 Å². The molecule has 0 saturated carbocycles. The molecule has 0 aliphatic carbocycles. The normalized spacial score (nSPS) is 11.0. The quantitative estimate of drug-likeness (QED) is 0.286. The number of carbonyl (C=O) groups is 1. The van der Waals surface area contributed by atoms with Crippen LogP contribution in [0.5, 0.6) is 0 Å². The maximum Gasteiger partial charge on any atom is 0.220 e. The number of nitrogens with one attached hydrogen (secondary N) is 1. The Hall–Kier alpha value is -3.40. The van der Waals surface area contributed by atoms with Crippen LogP contribution in [0.2, 0.25) is 0 Å². The van der Waals surface area contributed by atoms with E-state index in [0.29, 0.717) is 6.42 Å². The second-order valence-corrected chi connectivity index (χ2v) is 8.55. The number of rotatable bonds is 12. The van der Waals surface area contributed by atoms with Crippen molar-refractivity contribution >= 4 is 16.9 Å². The molecule has 1 amide bonds. The van der Waals surface area contributed by atoms with Crippen molar-refractivity contribution in [1.29, 1.82) is 0 Å². The average molecular weight is 440 g/mol. The van der Waals surface area contributed by atoms with Crippen molar-refractivity contribution in [2.45, 2.75) is 51.5 Å². The monoisotopic (exact) mass is 439 g/mol. The third-order valence-corrected chi connectivity index (χ3v) is 6.08. The van der Waals surface area contributed by atoms with Crippen LogP contribution in [-0.2, 0) is 30.6 Å². The minimum Gasteiger partial charge on any atom is -0.356 e. The number of carbonyl (C=O) groups excluding carboxylic acids is 1. The molecule has 1 heterocycles. The third-order valence-electron chi connectivity index (χ3n) is 6.08. The molecule has 33 heavy (non-hydrogen) atoms. The maximum absolute atomic E-state index is 12.1. The van der Waals surface area contributed by atoms with Gasteiger partial charge in [0.05, 0.1) is 11.0 Å². The Morgan fingerprint density at radius 3 is 2.15 bits per heavy atom. The summed E-state index contributed by atoms with van der Waals surface area (Å²) < 4.78 is 2.38. The first-order chi connectivity index (χ1) is 16.3. The van der Waals surface area contributed by atoms with Crippen LogP contribution < -0.4 is 5.32 Å². The van der Waals surface area contributed by atoms with Gasteiger partial charge in [0.1, 0.15) is 5.82 Å². The minimum absolute atomic E-state index is 0.140. The van der Waals surface area contributed by atoms with E-state index in [4.69, 9.17) is 4.98 Å². The zero-order valence-electron chi connectivity index (χ0n) is 19.2. The van der Waals surface area contributed by atoms with E-state index in [1.807, 2.05) is 18.2 Å². The SMILES string of the molecule is O=C(CCc1ccccc1)NCCCCCc1nc2ccccc2n1CCc1ccccc1. The van der Waals surface area contributed by atoms with Gasteiger partial charge in [-0.3, -0.25) is 4.79 Å². The molecule has 3 aromatic carbocycles. The predicted molar refractivity (Wildman–Crippen MR) is 135 cm³/mol. The van der Waals surface area contributed by atoms with Crippen molar-refractivity contribution < 1.29 is 4.79 Å². The molecule has 0 aliphatic rings. The van der Waals surface area contributed by atoms with Crippen molar-refractivity contribution in [3.63, 3.8) is 0 Å². The molecular weight excluding hydrogens is 406 g/mol. The Labute approximate surface area is 196 Å². The first kappa shape index (κ1) is 22.8. The first-order valence-electron chi connectivity index (χ1n) is 12.1. The van der Waals surface area contributed by atoms with Gasteiger partial charge in [0.15, 0.2) is 0 Å². The van der Waals surface area contributed by atoms with Gasteiger partial charge in [0.25, 0.3) is 0 Å². The molecule has 0 saturated heterocycles. The molecule has 1 N–H and O–H groups in total. The molecule has 0 unspecified atom stereocenters. The van der Waals surface area contributed by atoms with E-state index in [9.17, 15) is 4.79 Å². The van der Waals surface area contributed by atoms with Crippen LogP contribution in [-0.4, -0.2) is 22.0 Å². The summed E-state index contributed by atoms with van der Waals surface area (Å²) in [6, 6.07) is 29.2. The fourth-order valence-electron chi connectivity index (χ4n) is 4.25. The van der Waals surface area contributed by atoms with Gasteiger partial charge in [0.2, 0.25) is 5.91 Å². The van der Waals surface area contributed by atoms with E-state index >= 15 is 0 Å². The molecule has 4 nitrogen and oxygen atoms in total. The number of unbranched alkanes of at least 4 members (excludes halogenated alkanes) is 2. The summed E-state index contributed by atoms with van der Waals surface area (Å²) in [5.41, 5.74) is 4.85. The molecule has 0 aliphatic heterocycles. The summed E-state index contributed by atoms with van der Waals surface area (Å²) in [5, 5.41) is 3.06. The van der Waals surface area contributed by atoms with Crippen LogP contribution in [0.15, 0.2) is 84.9 Å². The van der Waals surface area contributed by atoms with Crippen molar-refractivity contribution in [3.8, 4) is 0 Å². The molecule has 0 fully saturated rings. The van der Waals surface area contributed by atoms with Crippen molar-refractivity contribution in [1.82, 2.24) is 14.9 Å². The van der Waals surface area contributed by atoms with Gasteiger partial charge in [-0.15, -0.1) is 0 Å². The van der Waals surface area contributed by atoms with Crippen LogP contribution >= 0.6 is 0 Å². The molecule has 0 atom stereocenters. The highest BCUT2D eigenvalue weighted by Gasteiger charge is 2.10. The lowest BCUT2D eigenvalue weighted by molar-refractivity contribution is -0.121. The van der Waals surface area contributed by atoms with Gasteiger partial charge >= 0.3 is 0 Å². The fourth-order valence-corrected chi connectivity index (χ4v) is 4.25. The summed E-state index contributed by atoms with van der Waals surface area (Å²) >= 11 is 0. The average Bonchev–Trinajstić information content (AvgIpc) is 3.22. The summed E-state index contributed by atoms with van der Waals surface area (Å²) in [4.78, 5) is 17.0. The number of hydrogen-bond acceptors (Lipinski definition) is 2. The second kappa shape index (κ2) is 12.0. The third kappa shape index (κ3) is 6.79. The maximum atomic E-state index is 12.1. The van der Waals surface area contributed by atoms with Crippen molar-refractivity contribution in [2.75, 3.05) is 6.54 Å². The van der Waals surface area contributed by atoms with E-state index in [-0.39, 0.29) is 5.91 Å². The van der Waals surface area contributed by atoms with Crippen molar-refractivity contribution in [2.24, 2.45) is 0 Å². The Bertz CT molecular complexity index is 1140. The summed E-state index contributed by atoms with van der Waals surface area (Å²) in [6.07, 6.45) is 6.48.